The number of pyridine rings is 2. The quantitative estimate of drug-likeness (QED) is 0.0896. The summed E-state index contributed by atoms with van der Waals surface area (Å²) in [7, 11) is 0. The normalized spacial score (nSPS) is 19.3. The molecule has 2 fully saturated rings. The number of esters is 1. The highest BCUT2D eigenvalue weighted by atomic mass is 79.9. The molecule has 59 heavy (non-hydrogen) atoms. The van der Waals surface area contributed by atoms with Gasteiger partial charge in [-0.25, -0.2) is 14.8 Å². The maximum absolute atomic E-state index is 12.1. The van der Waals surface area contributed by atoms with Crippen LogP contribution in [-0.4, -0.2) is 61.2 Å². The highest BCUT2D eigenvalue weighted by molar-refractivity contribution is 9.10. The Labute approximate surface area is 365 Å². The molecule has 15 nitrogen and oxygen atoms in total. The zero-order valence-corrected chi connectivity index (χ0v) is 38.0. The van der Waals surface area contributed by atoms with Crippen LogP contribution in [0.2, 0.25) is 5.02 Å². The first-order valence-corrected chi connectivity index (χ1v) is 21.4. The number of benzene rings is 2. The van der Waals surface area contributed by atoms with E-state index in [2.05, 4.69) is 52.5 Å². The molecule has 2 aliphatic rings. The van der Waals surface area contributed by atoms with Gasteiger partial charge in [-0.1, -0.05) is 43.5 Å². The molecule has 0 aliphatic heterocycles. The highest BCUT2D eigenvalue weighted by Crippen LogP contribution is 2.37. The van der Waals surface area contributed by atoms with Gasteiger partial charge in [0.05, 0.1) is 20.9 Å². The molecule has 2 saturated carbocycles. The van der Waals surface area contributed by atoms with E-state index in [1.807, 2.05) is 59.7 Å². The topological polar surface area (TPSA) is 215 Å². The number of nitro groups is 2. The largest absolute Gasteiger partial charge is 0.460 e. The molecule has 4 aromatic rings. The van der Waals surface area contributed by atoms with Gasteiger partial charge in [-0.05, 0) is 135 Å². The fourth-order valence-corrected chi connectivity index (χ4v) is 7.76. The van der Waals surface area contributed by atoms with E-state index in [-0.39, 0.29) is 40.5 Å². The maximum atomic E-state index is 12.1. The lowest BCUT2D eigenvalue weighted by molar-refractivity contribution is -0.384. The van der Waals surface area contributed by atoms with E-state index in [1.54, 1.807) is 18.2 Å². The number of ether oxygens (including phenoxy) is 2. The molecule has 2 aromatic carbocycles. The Hall–Kier alpha value is -4.19. The van der Waals surface area contributed by atoms with Crippen molar-refractivity contribution >= 4 is 94.4 Å². The first kappa shape index (κ1) is 47.5. The molecule has 0 atom stereocenters. The van der Waals surface area contributed by atoms with Crippen molar-refractivity contribution in [2.45, 2.75) is 129 Å². The van der Waals surface area contributed by atoms with Gasteiger partial charge in [0, 0.05) is 44.3 Å². The number of rotatable bonds is 7. The molecule has 0 spiro atoms. The van der Waals surface area contributed by atoms with Crippen molar-refractivity contribution in [3.63, 3.8) is 0 Å². The molecule has 18 heteroatoms. The van der Waals surface area contributed by atoms with Gasteiger partial charge >= 0.3 is 23.4 Å². The number of halogens is 3. The molecule has 2 aromatic heterocycles. The molecule has 2 heterocycles. The number of hydrogen-bond donors (Lipinski definition) is 3. The van der Waals surface area contributed by atoms with Gasteiger partial charge in [0.15, 0.2) is 0 Å². The van der Waals surface area contributed by atoms with E-state index in [9.17, 15) is 29.8 Å². The zero-order valence-electron chi connectivity index (χ0n) is 34.1. The minimum Gasteiger partial charge on any atom is -0.460 e. The third-order valence-electron chi connectivity index (χ3n) is 9.51. The number of fused-ring (bicyclic) bond motifs is 2. The number of alkyl carbamates (subject to hydrolysis) is 1. The Morgan fingerprint density at radius 2 is 1.27 bits per heavy atom. The van der Waals surface area contributed by atoms with Gasteiger partial charge in [-0.2, -0.15) is 0 Å². The maximum Gasteiger partial charge on any atom is 0.407 e. The van der Waals surface area contributed by atoms with Gasteiger partial charge in [0.2, 0.25) is 0 Å². The smallest absolute Gasteiger partial charge is 0.407 e. The van der Waals surface area contributed by atoms with Crippen LogP contribution in [0.1, 0.15) is 99.3 Å². The Balaban J connectivity index is 0.000000215. The number of anilines is 1. The van der Waals surface area contributed by atoms with Crippen molar-refractivity contribution in [1.29, 1.82) is 0 Å². The Morgan fingerprint density at radius 1 is 0.780 bits per heavy atom. The van der Waals surface area contributed by atoms with Gasteiger partial charge in [-0.15, -0.1) is 0 Å². The molecule has 0 radical (unpaired) electrons. The predicted molar refractivity (Wildman–Crippen MR) is 237 cm³/mol. The molecule has 6 rings (SSSR count). The molecule has 0 saturated heterocycles. The van der Waals surface area contributed by atoms with Crippen LogP contribution >= 0.6 is 43.5 Å². The molecule has 4 N–H and O–H groups in total. The molecular formula is C41H52Br2ClN7O8. The van der Waals surface area contributed by atoms with Crippen LogP contribution in [0.15, 0.2) is 57.7 Å². The van der Waals surface area contributed by atoms with Crippen LogP contribution in [-0.2, 0) is 14.3 Å². The zero-order chi connectivity index (χ0) is 43.7. The average molecular weight is 966 g/mol. The Bertz CT molecular complexity index is 2130. The lowest BCUT2D eigenvalue weighted by Crippen LogP contribution is -2.42. The highest BCUT2D eigenvalue weighted by Gasteiger charge is 2.28. The lowest BCUT2D eigenvalue weighted by atomic mass is 9.84. The van der Waals surface area contributed by atoms with Crippen LogP contribution in [0.4, 0.5) is 21.9 Å². The number of carbonyl (C=O) groups excluding carboxylic acids is 2. The van der Waals surface area contributed by atoms with E-state index in [0.29, 0.717) is 40.5 Å². The first-order valence-electron chi connectivity index (χ1n) is 19.4. The van der Waals surface area contributed by atoms with Crippen molar-refractivity contribution in [3.05, 3.63) is 83.0 Å². The van der Waals surface area contributed by atoms with E-state index in [1.165, 1.54) is 12.4 Å². The second-order valence-electron chi connectivity index (χ2n) is 16.7. The minimum absolute atomic E-state index is 0.0218. The standard InChI is InChI=1S/C21H26BrN3O4.C11H22N2O2.C9H4BrClN2O2/c1-21(2,3)29-19(26)10-13-4-7-15(8-5-13)24-20-16-11-14(22)6-9-17(16)23-12-18(20)25(27)28;1-11(2,3)15-10(14)13-9-6-4-8(12)5-7-9;10-5-1-2-7-6(3-5)9(11)8(4-12-7)13(14)15/h6,9,11-13,15H,4-5,7-8,10H2,1-3H3,(H,23,24);8-9H,4-7,12H2,1-3H3,(H,13,14);1-4H. The third kappa shape index (κ3) is 15.1. The Kier molecular flexibility index (Phi) is 16.8. The van der Waals surface area contributed by atoms with Gasteiger partial charge in [-0.3, -0.25) is 25.0 Å². The summed E-state index contributed by atoms with van der Waals surface area (Å²) >= 11 is 12.6. The summed E-state index contributed by atoms with van der Waals surface area (Å²) in [5, 5.41) is 29.8. The second kappa shape index (κ2) is 20.9. The molecule has 1 amide bonds. The molecule has 2 aliphatic carbocycles. The Morgan fingerprint density at radius 3 is 1.80 bits per heavy atom. The van der Waals surface area contributed by atoms with Gasteiger partial charge in [0.1, 0.15) is 34.3 Å². The molecule has 0 bridgehead atoms. The number of amides is 1. The summed E-state index contributed by atoms with van der Waals surface area (Å²) in [6.45, 7) is 11.2. The number of carbonyl (C=O) groups is 2. The summed E-state index contributed by atoms with van der Waals surface area (Å²) in [6, 6.07) is 11.5. The summed E-state index contributed by atoms with van der Waals surface area (Å²) in [5.41, 5.74) is 6.55. The van der Waals surface area contributed by atoms with Crippen molar-refractivity contribution in [3.8, 4) is 0 Å². The van der Waals surface area contributed by atoms with Crippen molar-refractivity contribution in [2.24, 2.45) is 11.7 Å². The van der Waals surface area contributed by atoms with E-state index in [4.69, 9.17) is 26.8 Å². The monoisotopic (exact) mass is 963 g/mol. The SMILES string of the molecule is CC(C)(C)OC(=O)CC1CCC(Nc2c([N+](=O)[O-])cnc3ccc(Br)cc23)CC1.CC(C)(C)OC(=O)NC1CCC(N)CC1.O=[N+]([O-])c1cnc2ccc(Br)cc2c1Cl. The summed E-state index contributed by atoms with van der Waals surface area (Å²) in [6.07, 6.45) is 9.95. The van der Waals surface area contributed by atoms with E-state index >= 15 is 0 Å². The van der Waals surface area contributed by atoms with E-state index < -0.39 is 21.0 Å². The van der Waals surface area contributed by atoms with Crippen LogP contribution in [0.3, 0.4) is 0 Å². The van der Waals surface area contributed by atoms with Crippen LogP contribution < -0.4 is 16.4 Å². The molecular weight excluding hydrogens is 914 g/mol. The van der Waals surface area contributed by atoms with Crippen LogP contribution in [0.25, 0.3) is 21.8 Å². The fourth-order valence-electron chi connectivity index (χ4n) is 6.77. The second-order valence-corrected chi connectivity index (χ2v) is 18.9. The number of nitrogens with one attached hydrogen (secondary N) is 2. The van der Waals surface area contributed by atoms with Gasteiger partial charge < -0.3 is 25.8 Å². The molecule has 0 unspecified atom stereocenters. The fraction of sp³-hybridized carbons (Fsp3) is 0.512. The van der Waals surface area contributed by atoms with Crippen LogP contribution in [0, 0.1) is 26.1 Å². The number of nitrogens with zero attached hydrogens (tertiary/aromatic N) is 4. The van der Waals surface area contributed by atoms with Crippen molar-refractivity contribution in [2.75, 3.05) is 5.32 Å². The summed E-state index contributed by atoms with van der Waals surface area (Å²) in [5.74, 6) is 0.135. The average Bonchev–Trinajstić information content (AvgIpc) is 3.12. The molecule has 320 valence electrons. The van der Waals surface area contributed by atoms with Crippen molar-refractivity contribution < 1.29 is 28.9 Å². The van der Waals surface area contributed by atoms with Gasteiger partial charge in [0.25, 0.3) is 0 Å². The van der Waals surface area contributed by atoms with Crippen LogP contribution in [0.5, 0.6) is 0 Å². The lowest BCUT2D eigenvalue weighted by Gasteiger charge is -2.30. The minimum atomic E-state index is -0.546. The number of nitrogens with two attached hydrogens (primary N) is 1. The third-order valence-corrected chi connectivity index (χ3v) is 10.9. The van der Waals surface area contributed by atoms with E-state index in [0.717, 1.165) is 65.7 Å². The summed E-state index contributed by atoms with van der Waals surface area (Å²) in [4.78, 5) is 52.9. The number of hydrogen-bond acceptors (Lipinski definition) is 12. The van der Waals surface area contributed by atoms with Crippen molar-refractivity contribution in [1.82, 2.24) is 15.3 Å². The summed E-state index contributed by atoms with van der Waals surface area (Å²) < 4.78 is 12.3. The number of aromatic nitrogens is 2. The first-order chi connectivity index (χ1) is 27.6. The predicted octanol–water partition coefficient (Wildman–Crippen LogP) is 10.9.